The Morgan fingerprint density at radius 1 is 1.33 bits per heavy atom. The number of ketones is 1. The zero-order valence-electron chi connectivity index (χ0n) is 16.1. The number of hydrogen-bond acceptors (Lipinski definition) is 4. The van der Waals surface area contributed by atoms with Gasteiger partial charge in [-0.1, -0.05) is 25.6 Å². The number of benzene rings is 1. The predicted molar refractivity (Wildman–Crippen MR) is 105 cm³/mol. The van der Waals surface area contributed by atoms with Gasteiger partial charge >= 0.3 is 0 Å². The van der Waals surface area contributed by atoms with Crippen LogP contribution >= 0.6 is 11.8 Å². The number of Topliss-reactive ketones (excluding diaryl/α,β-unsaturated/α-hetero) is 1. The van der Waals surface area contributed by atoms with Crippen molar-refractivity contribution in [2.24, 2.45) is 5.92 Å². The van der Waals surface area contributed by atoms with Crippen LogP contribution in [0.4, 0.5) is 10.1 Å². The summed E-state index contributed by atoms with van der Waals surface area (Å²) in [4.78, 5) is 28.6. The van der Waals surface area contributed by atoms with E-state index in [0.29, 0.717) is 24.4 Å². The summed E-state index contributed by atoms with van der Waals surface area (Å²) < 4.78 is 16.5. The van der Waals surface area contributed by atoms with E-state index in [1.54, 1.807) is 6.07 Å². The van der Waals surface area contributed by atoms with E-state index < -0.39 is 5.82 Å². The van der Waals surface area contributed by atoms with E-state index in [4.69, 9.17) is 0 Å². The molecule has 0 aliphatic carbocycles. The molecule has 0 saturated heterocycles. The summed E-state index contributed by atoms with van der Waals surface area (Å²) in [5, 5.41) is 3.44. The van der Waals surface area contributed by atoms with Crippen molar-refractivity contribution in [3.63, 3.8) is 0 Å². The van der Waals surface area contributed by atoms with Gasteiger partial charge < -0.3 is 9.88 Å². The summed E-state index contributed by atoms with van der Waals surface area (Å²) in [5.74, 6) is -0.415. The fourth-order valence-electron chi connectivity index (χ4n) is 3.14. The summed E-state index contributed by atoms with van der Waals surface area (Å²) in [5.41, 5.74) is 3.38. The second-order valence-corrected chi connectivity index (χ2v) is 8.26. The summed E-state index contributed by atoms with van der Waals surface area (Å²) in [6, 6.07) is 2.82. The second-order valence-electron chi connectivity index (χ2n) is 7.32. The number of anilines is 1. The SMILES string of the molecule is Cc1nc(SCC(=O)c2cc3c(cc2F)NC(=O)CC3)n(CC(C)C)c1C. The molecule has 7 heteroatoms. The molecule has 1 aliphatic heterocycles. The smallest absolute Gasteiger partial charge is 0.224 e. The van der Waals surface area contributed by atoms with Gasteiger partial charge in [0.05, 0.1) is 17.0 Å². The Labute approximate surface area is 162 Å². The van der Waals surface area contributed by atoms with E-state index in [0.717, 1.165) is 28.7 Å². The van der Waals surface area contributed by atoms with Gasteiger partial charge in [0.25, 0.3) is 0 Å². The molecule has 0 radical (unpaired) electrons. The highest BCUT2D eigenvalue weighted by Crippen LogP contribution is 2.28. The van der Waals surface area contributed by atoms with Crippen molar-refractivity contribution in [2.45, 2.75) is 52.2 Å². The molecule has 0 unspecified atom stereocenters. The number of nitrogens with one attached hydrogen (secondary N) is 1. The number of amides is 1. The Kier molecular flexibility index (Phi) is 5.69. The molecule has 0 saturated carbocycles. The first-order chi connectivity index (χ1) is 12.8. The molecule has 1 amide bonds. The van der Waals surface area contributed by atoms with Gasteiger partial charge in [0.2, 0.25) is 5.91 Å². The molecule has 2 aromatic rings. The molecule has 0 spiro atoms. The number of thioether (sulfide) groups is 1. The lowest BCUT2D eigenvalue weighted by molar-refractivity contribution is -0.116. The third kappa shape index (κ3) is 4.24. The first kappa shape index (κ1) is 19.6. The van der Waals surface area contributed by atoms with Crippen LogP contribution in [0.3, 0.4) is 0 Å². The van der Waals surface area contributed by atoms with Crippen LogP contribution in [0.15, 0.2) is 17.3 Å². The van der Waals surface area contributed by atoms with E-state index in [-0.39, 0.29) is 23.0 Å². The number of rotatable bonds is 6. The van der Waals surface area contributed by atoms with Crippen LogP contribution in [0.5, 0.6) is 0 Å². The van der Waals surface area contributed by atoms with E-state index in [9.17, 15) is 14.0 Å². The van der Waals surface area contributed by atoms with Crippen LogP contribution in [0.25, 0.3) is 0 Å². The second kappa shape index (κ2) is 7.84. The Balaban J connectivity index is 1.77. The third-order valence-electron chi connectivity index (χ3n) is 4.69. The van der Waals surface area contributed by atoms with Crippen LogP contribution < -0.4 is 5.32 Å². The van der Waals surface area contributed by atoms with Gasteiger partial charge in [-0.25, -0.2) is 9.37 Å². The van der Waals surface area contributed by atoms with Gasteiger partial charge in [0.15, 0.2) is 10.9 Å². The zero-order valence-corrected chi connectivity index (χ0v) is 16.9. The molecule has 1 aromatic heterocycles. The fraction of sp³-hybridized carbons (Fsp3) is 0.450. The highest BCUT2D eigenvalue weighted by atomic mass is 32.2. The van der Waals surface area contributed by atoms with Crippen molar-refractivity contribution in [1.29, 1.82) is 0 Å². The van der Waals surface area contributed by atoms with Crippen LogP contribution in [0.2, 0.25) is 0 Å². The minimum Gasteiger partial charge on any atom is -0.326 e. The lowest BCUT2D eigenvalue weighted by atomic mass is 9.98. The van der Waals surface area contributed by atoms with Crippen molar-refractivity contribution in [3.05, 3.63) is 40.5 Å². The first-order valence-corrected chi connectivity index (χ1v) is 10.1. The molecule has 27 heavy (non-hydrogen) atoms. The van der Waals surface area contributed by atoms with E-state index >= 15 is 0 Å². The van der Waals surface area contributed by atoms with Crippen LogP contribution in [-0.4, -0.2) is 27.0 Å². The summed E-state index contributed by atoms with van der Waals surface area (Å²) in [6.07, 6.45) is 0.873. The molecule has 5 nitrogen and oxygen atoms in total. The Bertz CT molecular complexity index is 905. The van der Waals surface area contributed by atoms with Crippen LogP contribution in [0, 0.1) is 25.6 Å². The number of aromatic nitrogens is 2. The summed E-state index contributed by atoms with van der Waals surface area (Å²) in [7, 11) is 0. The Hall–Kier alpha value is -2.15. The van der Waals surface area contributed by atoms with E-state index in [2.05, 4.69) is 28.7 Å². The molecule has 0 atom stereocenters. The summed E-state index contributed by atoms with van der Waals surface area (Å²) >= 11 is 1.34. The largest absolute Gasteiger partial charge is 0.326 e. The van der Waals surface area contributed by atoms with Gasteiger partial charge in [-0.05, 0) is 43.9 Å². The third-order valence-corrected chi connectivity index (χ3v) is 5.67. The maximum atomic E-state index is 14.4. The van der Waals surface area contributed by atoms with Gasteiger partial charge in [-0.15, -0.1) is 0 Å². The maximum absolute atomic E-state index is 14.4. The number of nitrogens with zero attached hydrogens (tertiary/aromatic N) is 2. The van der Waals surface area contributed by atoms with Crippen molar-refractivity contribution in [3.8, 4) is 0 Å². The lowest BCUT2D eigenvalue weighted by Gasteiger charge is -2.18. The molecule has 0 fully saturated rings. The van der Waals surface area contributed by atoms with Crippen LogP contribution in [0.1, 0.15) is 47.6 Å². The number of aryl methyl sites for hydroxylation is 2. The van der Waals surface area contributed by atoms with E-state index in [1.165, 1.54) is 17.8 Å². The molecule has 1 N–H and O–H groups in total. The van der Waals surface area contributed by atoms with Crippen molar-refractivity contribution < 1.29 is 14.0 Å². The van der Waals surface area contributed by atoms with Gasteiger partial charge in [0, 0.05) is 24.3 Å². The molecule has 2 heterocycles. The van der Waals surface area contributed by atoms with Gasteiger partial charge in [0.1, 0.15) is 5.82 Å². The number of halogens is 1. The predicted octanol–water partition coefficient (Wildman–Crippen LogP) is 4.15. The number of hydrogen-bond donors (Lipinski definition) is 1. The minimum atomic E-state index is -0.598. The molecule has 0 bridgehead atoms. The lowest BCUT2D eigenvalue weighted by Crippen LogP contribution is -2.20. The summed E-state index contributed by atoms with van der Waals surface area (Å²) in [6.45, 7) is 9.07. The average molecular weight is 389 g/mol. The minimum absolute atomic E-state index is 0.0767. The molecular formula is C20H24FN3O2S. The Morgan fingerprint density at radius 2 is 2.07 bits per heavy atom. The first-order valence-electron chi connectivity index (χ1n) is 9.08. The average Bonchev–Trinajstić information content (AvgIpc) is 2.86. The number of imidazole rings is 1. The number of carbonyl (C=O) groups excluding carboxylic acids is 2. The molecule has 1 aromatic carbocycles. The quantitative estimate of drug-likeness (QED) is 0.595. The number of fused-ring (bicyclic) bond motifs is 1. The number of carbonyl (C=O) groups is 2. The van der Waals surface area contributed by atoms with Gasteiger partial charge in [-0.3, -0.25) is 9.59 Å². The standard InChI is InChI=1S/C20H24FN3O2S/c1-11(2)9-24-13(4)12(3)22-20(24)27-10-18(25)15-7-14-5-6-19(26)23-17(14)8-16(15)21/h7-8,11H,5-6,9-10H2,1-4H3,(H,23,26). The molecule has 144 valence electrons. The Morgan fingerprint density at radius 3 is 2.78 bits per heavy atom. The monoisotopic (exact) mass is 389 g/mol. The molecule has 3 rings (SSSR count). The van der Waals surface area contributed by atoms with Crippen molar-refractivity contribution >= 4 is 29.1 Å². The van der Waals surface area contributed by atoms with Crippen molar-refractivity contribution in [2.75, 3.05) is 11.1 Å². The molecular weight excluding hydrogens is 365 g/mol. The topological polar surface area (TPSA) is 64.0 Å². The molecule has 1 aliphatic rings. The van der Waals surface area contributed by atoms with Crippen LogP contribution in [-0.2, 0) is 17.8 Å². The van der Waals surface area contributed by atoms with E-state index in [1.807, 2.05) is 13.8 Å². The zero-order chi connectivity index (χ0) is 19.7. The van der Waals surface area contributed by atoms with Gasteiger partial charge in [-0.2, -0.15) is 0 Å². The van der Waals surface area contributed by atoms with Crippen molar-refractivity contribution in [1.82, 2.24) is 9.55 Å². The fourth-order valence-corrected chi connectivity index (χ4v) is 4.12. The highest BCUT2D eigenvalue weighted by Gasteiger charge is 2.21. The highest BCUT2D eigenvalue weighted by molar-refractivity contribution is 7.99. The maximum Gasteiger partial charge on any atom is 0.224 e. The normalized spacial score (nSPS) is 13.6.